The number of phenolic OH excluding ortho intramolecular Hbond substituents is 4. The van der Waals surface area contributed by atoms with Crippen molar-refractivity contribution in [2.75, 3.05) is 20.2 Å². The van der Waals surface area contributed by atoms with E-state index in [4.69, 9.17) is 14.6 Å². The van der Waals surface area contributed by atoms with Gasteiger partial charge in [0.2, 0.25) is 5.78 Å². The Balaban J connectivity index is 0.000000838. The number of carbonyl (C=O) groups excluding carboxylic acids is 4. The maximum atomic E-state index is 13.2. The minimum atomic E-state index is -5.08. The largest absolute Gasteiger partial charge is 0.508 e. The van der Waals surface area contributed by atoms with Crippen molar-refractivity contribution in [3.63, 3.8) is 0 Å². The van der Waals surface area contributed by atoms with Gasteiger partial charge in [0.1, 0.15) is 34.7 Å². The number of nitrogens with zero attached hydrogens (tertiary/aromatic N) is 1. The number of esters is 2. The van der Waals surface area contributed by atoms with Crippen LogP contribution in [0.2, 0.25) is 0 Å². The van der Waals surface area contributed by atoms with Crippen LogP contribution in [0.4, 0.5) is 13.2 Å². The van der Waals surface area contributed by atoms with Crippen molar-refractivity contribution >= 4 is 29.6 Å². The Morgan fingerprint density at radius 3 is 1.92 bits per heavy atom. The molecule has 6 N–H and O–H groups in total. The van der Waals surface area contributed by atoms with E-state index >= 15 is 0 Å². The molecule has 1 saturated heterocycles. The van der Waals surface area contributed by atoms with Gasteiger partial charge in [0.25, 0.3) is 5.91 Å². The van der Waals surface area contributed by atoms with Crippen molar-refractivity contribution in [2.24, 2.45) is 0 Å². The minimum Gasteiger partial charge on any atom is -0.508 e. The number of aliphatic carboxylic acids is 1. The van der Waals surface area contributed by atoms with E-state index in [1.807, 2.05) is 18.7 Å². The number of phenols is 4. The Hall–Kier alpha value is -5.84. The van der Waals surface area contributed by atoms with Crippen molar-refractivity contribution in [3.05, 3.63) is 82.4 Å². The van der Waals surface area contributed by atoms with Gasteiger partial charge in [-0.2, -0.15) is 13.2 Å². The summed E-state index contributed by atoms with van der Waals surface area (Å²) in [6.07, 6.45) is -5.88. The Morgan fingerprint density at radius 1 is 0.837 bits per heavy atom. The number of alkyl halides is 3. The SMILES string of the molecule is COC(=O)c1cccc(O)c1C(=O)c1c(O)cc(C(=O)O[C@H]2CN(C(C)C)C[C@@H]2NC(=O)c2ccc(O)cc2)cc1O.O=C(O)C(F)(F)F. The fraction of sp³-hybridized carbons (Fsp3) is 0.281. The van der Waals surface area contributed by atoms with Crippen molar-refractivity contribution in [3.8, 4) is 23.0 Å². The van der Waals surface area contributed by atoms with Crippen LogP contribution in [-0.4, -0.2) is 105 Å². The van der Waals surface area contributed by atoms with Crippen molar-refractivity contribution < 1.29 is 72.2 Å². The molecular formula is C32H31F3N2O12. The van der Waals surface area contributed by atoms with Gasteiger partial charge in [0.15, 0.2) is 0 Å². The Kier molecular flexibility index (Phi) is 11.8. The van der Waals surface area contributed by atoms with E-state index in [1.165, 1.54) is 36.4 Å². The van der Waals surface area contributed by atoms with Crippen LogP contribution >= 0.6 is 0 Å². The van der Waals surface area contributed by atoms with Gasteiger partial charge < -0.3 is 40.3 Å². The first-order chi connectivity index (χ1) is 22.8. The first-order valence-electron chi connectivity index (χ1n) is 14.2. The van der Waals surface area contributed by atoms with Crippen molar-refractivity contribution in [2.45, 2.75) is 38.2 Å². The second kappa shape index (κ2) is 15.4. The van der Waals surface area contributed by atoms with Crippen LogP contribution in [-0.2, 0) is 14.3 Å². The van der Waals surface area contributed by atoms with Crippen LogP contribution in [0.3, 0.4) is 0 Å². The number of carboxylic acid groups (broad SMARTS) is 1. The maximum absolute atomic E-state index is 13.2. The normalized spacial score (nSPS) is 15.9. The van der Waals surface area contributed by atoms with Gasteiger partial charge in [-0.15, -0.1) is 0 Å². The van der Waals surface area contributed by atoms with E-state index in [9.17, 15) is 52.8 Å². The van der Waals surface area contributed by atoms with E-state index in [0.717, 1.165) is 25.3 Å². The van der Waals surface area contributed by atoms with Gasteiger partial charge in [-0.25, -0.2) is 14.4 Å². The molecule has 0 spiro atoms. The third-order valence-electron chi connectivity index (χ3n) is 7.21. The zero-order valence-electron chi connectivity index (χ0n) is 26.0. The molecule has 0 radical (unpaired) electrons. The van der Waals surface area contributed by atoms with Crippen LogP contribution in [0, 0.1) is 0 Å². The van der Waals surface area contributed by atoms with Gasteiger partial charge in [0.05, 0.1) is 29.8 Å². The van der Waals surface area contributed by atoms with E-state index in [1.54, 1.807) is 0 Å². The fourth-order valence-electron chi connectivity index (χ4n) is 4.70. The van der Waals surface area contributed by atoms with Gasteiger partial charge >= 0.3 is 24.1 Å². The van der Waals surface area contributed by atoms with Crippen LogP contribution in [0.15, 0.2) is 54.6 Å². The molecule has 3 aromatic rings. The highest BCUT2D eigenvalue weighted by Crippen LogP contribution is 2.35. The van der Waals surface area contributed by atoms with Crippen LogP contribution in [0.5, 0.6) is 23.0 Å². The third-order valence-corrected chi connectivity index (χ3v) is 7.21. The van der Waals surface area contributed by atoms with Crippen LogP contribution < -0.4 is 5.32 Å². The standard InChI is InChI=1S/C30H30N2O10.C2HF3O2/c1-15(2)32-13-20(31-28(38)16-7-9-18(33)10-8-16)24(14-32)42-29(39)17-11-22(35)26(23(36)12-17)27(37)25-19(30(40)41-3)5-4-6-21(25)34;3-2(4,5)1(6)7/h4-12,15,20,24,33-36H,13-14H2,1-3H3,(H,31,38);(H,6,7)/t20-,24-;/m0./s1. The number of methoxy groups -OCH3 is 1. The molecule has 0 aromatic heterocycles. The Labute approximate surface area is 275 Å². The van der Waals surface area contributed by atoms with Crippen LogP contribution in [0.1, 0.15) is 60.8 Å². The lowest BCUT2D eigenvalue weighted by Gasteiger charge is -2.21. The number of aromatic hydroxyl groups is 4. The fourth-order valence-corrected chi connectivity index (χ4v) is 4.70. The molecule has 49 heavy (non-hydrogen) atoms. The van der Waals surface area contributed by atoms with E-state index in [-0.39, 0.29) is 22.9 Å². The van der Waals surface area contributed by atoms with Crippen molar-refractivity contribution in [1.82, 2.24) is 10.2 Å². The lowest BCUT2D eigenvalue weighted by Crippen LogP contribution is -2.44. The first kappa shape index (κ1) is 37.6. The summed E-state index contributed by atoms with van der Waals surface area (Å²) < 4.78 is 42.1. The number of ether oxygens (including phenoxy) is 2. The summed E-state index contributed by atoms with van der Waals surface area (Å²) in [6.45, 7) is 4.57. The first-order valence-corrected chi connectivity index (χ1v) is 14.2. The van der Waals surface area contributed by atoms with Crippen molar-refractivity contribution in [1.29, 1.82) is 0 Å². The zero-order chi connectivity index (χ0) is 36.8. The van der Waals surface area contributed by atoms with Gasteiger partial charge in [-0.3, -0.25) is 14.5 Å². The number of amides is 1. The number of carboxylic acids is 1. The number of halogens is 3. The van der Waals surface area contributed by atoms with E-state index < -0.39 is 76.3 Å². The third kappa shape index (κ3) is 9.16. The molecule has 1 fully saturated rings. The molecule has 1 aliphatic rings. The van der Waals surface area contributed by atoms with Gasteiger partial charge in [-0.05, 0) is 62.4 Å². The van der Waals surface area contributed by atoms with Crippen LogP contribution in [0.25, 0.3) is 0 Å². The predicted octanol–water partition coefficient (Wildman–Crippen LogP) is 3.21. The average molecular weight is 693 g/mol. The highest BCUT2D eigenvalue weighted by Gasteiger charge is 2.39. The molecule has 3 aromatic carbocycles. The van der Waals surface area contributed by atoms with Gasteiger partial charge in [0, 0.05) is 24.7 Å². The molecule has 4 rings (SSSR count). The lowest BCUT2D eigenvalue weighted by atomic mass is 9.95. The topological polar surface area (TPSA) is 220 Å². The Bertz CT molecular complexity index is 1720. The average Bonchev–Trinajstić information content (AvgIpc) is 3.42. The molecule has 0 unspecified atom stereocenters. The molecule has 1 aliphatic heterocycles. The lowest BCUT2D eigenvalue weighted by molar-refractivity contribution is -0.192. The maximum Gasteiger partial charge on any atom is 0.490 e. The summed E-state index contributed by atoms with van der Waals surface area (Å²) in [5.41, 5.74) is -1.42. The summed E-state index contributed by atoms with van der Waals surface area (Å²) in [7, 11) is 1.09. The quantitative estimate of drug-likeness (QED) is 0.148. The molecule has 0 aliphatic carbocycles. The molecule has 17 heteroatoms. The molecule has 1 heterocycles. The number of rotatable bonds is 8. The highest BCUT2D eigenvalue weighted by molar-refractivity contribution is 6.18. The summed E-state index contributed by atoms with van der Waals surface area (Å²) in [5, 5.41) is 51.0. The molecule has 1 amide bonds. The number of benzene rings is 3. The summed E-state index contributed by atoms with van der Waals surface area (Å²) in [5.74, 6) is -8.28. The molecule has 0 bridgehead atoms. The molecule has 2 atom stereocenters. The smallest absolute Gasteiger partial charge is 0.490 e. The summed E-state index contributed by atoms with van der Waals surface area (Å²) >= 11 is 0. The zero-order valence-corrected chi connectivity index (χ0v) is 26.0. The molecular weight excluding hydrogens is 661 g/mol. The summed E-state index contributed by atoms with van der Waals surface area (Å²) in [4.78, 5) is 62.2. The minimum absolute atomic E-state index is 0.00825. The molecule has 14 nitrogen and oxygen atoms in total. The number of likely N-dealkylation sites (tertiary alicyclic amines) is 1. The van der Waals surface area contributed by atoms with Gasteiger partial charge in [-0.1, -0.05) is 6.07 Å². The Morgan fingerprint density at radius 2 is 1.41 bits per heavy atom. The van der Waals surface area contributed by atoms with E-state index in [2.05, 4.69) is 10.1 Å². The second-order valence-corrected chi connectivity index (χ2v) is 10.8. The number of nitrogens with one attached hydrogen (secondary N) is 1. The second-order valence-electron chi connectivity index (χ2n) is 10.8. The molecule has 0 saturated carbocycles. The summed E-state index contributed by atoms with van der Waals surface area (Å²) in [6, 6.07) is 10.7. The van der Waals surface area contributed by atoms with E-state index in [0.29, 0.717) is 18.7 Å². The molecule has 262 valence electrons. The monoisotopic (exact) mass is 692 g/mol. The number of carbonyl (C=O) groups is 5. The number of ketones is 1. The highest BCUT2D eigenvalue weighted by atomic mass is 19.4. The predicted molar refractivity (Wildman–Crippen MR) is 162 cm³/mol. The number of hydrogen-bond acceptors (Lipinski definition) is 12. The number of hydrogen-bond donors (Lipinski definition) is 6.